The third-order valence-electron chi connectivity index (χ3n) is 3.42. The Morgan fingerprint density at radius 3 is 1.50 bits per heavy atom. The van der Waals surface area contributed by atoms with Crippen LogP contribution in [-0.4, -0.2) is 11.1 Å². The van der Waals surface area contributed by atoms with Crippen molar-refractivity contribution in [2.24, 2.45) is 0 Å². The van der Waals surface area contributed by atoms with Crippen molar-refractivity contribution in [3.05, 3.63) is 60.8 Å². The quantitative estimate of drug-likeness (QED) is 0.265. The highest BCUT2D eigenvalue weighted by molar-refractivity contribution is 5.66. The third kappa shape index (κ3) is 20.2. The summed E-state index contributed by atoms with van der Waals surface area (Å²) in [7, 11) is 0. The Kier molecular flexibility index (Phi) is 17.8. The fourth-order valence-corrected chi connectivity index (χ4v) is 2.04. The van der Waals surface area contributed by atoms with Gasteiger partial charge in [-0.3, -0.25) is 4.79 Å². The van der Waals surface area contributed by atoms with E-state index in [1.54, 1.807) is 0 Å². The van der Waals surface area contributed by atoms with Crippen molar-refractivity contribution in [3.8, 4) is 0 Å². The molecule has 0 bridgehead atoms. The summed E-state index contributed by atoms with van der Waals surface area (Å²) >= 11 is 0. The normalized spacial score (nSPS) is 12.7. The van der Waals surface area contributed by atoms with Crippen LogP contribution < -0.4 is 0 Å². The standard InChI is InChI=1S/C22H34O2/c1-2-3-4-5-6-7-8-9-10-11-12-13-14-15-16-17-18-19-20-21-22(23)24/h6-7,9-10,12-13,15-16,18-19H,2-5,8,11,14,17,20-21H2,1H3,(H,23,24)/b7-6-,10-9+,13-12-,16-15-,19-18-. The van der Waals surface area contributed by atoms with Crippen LogP contribution in [0.3, 0.4) is 0 Å². The van der Waals surface area contributed by atoms with Gasteiger partial charge < -0.3 is 5.11 Å². The lowest BCUT2D eigenvalue weighted by Gasteiger charge is -1.90. The molecule has 0 saturated carbocycles. The second-order valence-corrected chi connectivity index (χ2v) is 5.73. The Morgan fingerprint density at radius 2 is 1.08 bits per heavy atom. The monoisotopic (exact) mass is 330 g/mol. The van der Waals surface area contributed by atoms with Gasteiger partial charge in [0, 0.05) is 6.42 Å². The molecule has 0 aliphatic rings. The second-order valence-electron chi connectivity index (χ2n) is 5.73. The topological polar surface area (TPSA) is 37.3 Å². The van der Waals surface area contributed by atoms with Crippen molar-refractivity contribution in [3.63, 3.8) is 0 Å². The molecule has 134 valence electrons. The number of rotatable bonds is 15. The van der Waals surface area contributed by atoms with Gasteiger partial charge in [-0.2, -0.15) is 0 Å². The van der Waals surface area contributed by atoms with Crippen molar-refractivity contribution in [1.29, 1.82) is 0 Å². The molecule has 0 saturated heterocycles. The summed E-state index contributed by atoms with van der Waals surface area (Å²) in [5.41, 5.74) is 0. The summed E-state index contributed by atoms with van der Waals surface area (Å²) in [4.78, 5) is 10.3. The first-order valence-electron chi connectivity index (χ1n) is 9.24. The minimum Gasteiger partial charge on any atom is -0.481 e. The van der Waals surface area contributed by atoms with Gasteiger partial charge in [-0.25, -0.2) is 0 Å². The van der Waals surface area contributed by atoms with Crippen molar-refractivity contribution >= 4 is 5.97 Å². The highest BCUT2D eigenvalue weighted by atomic mass is 16.4. The molecule has 0 spiro atoms. The van der Waals surface area contributed by atoms with Gasteiger partial charge in [0.1, 0.15) is 0 Å². The van der Waals surface area contributed by atoms with E-state index in [0.29, 0.717) is 6.42 Å². The Bertz CT molecular complexity index is 425. The molecule has 0 radical (unpaired) electrons. The van der Waals surface area contributed by atoms with Gasteiger partial charge in [0.15, 0.2) is 0 Å². The lowest BCUT2D eigenvalue weighted by molar-refractivity contribution is -0.136. The summed E-state index contributed by atoms with van der Waals surface area (Å²) in [5.74, 6) is -0.739. The van der Waals surface area contributed by atoms with Crippen LogP contribution in [0.25, 0.3) is 0 Å². The van der Waals surface area contributed by atoms with Gasteiger partial charge in [-0.05, 0) is 44.9 Å². The average Bonchev–Trinajstić information content (AvgIpc) is 2.56. The largest absolute Gasteiger partial charge is 0.481 e. The summed E-state index contributed by atoms with van der Waals surface area (Å²) in [6, 6.07) is 0. The van der Waals surface area contributed by atoms with Crippen LogP contribution in [0.5, 0.6) is 0 Å². The molecule has 0 fully saturated rings. The summed E-state index contributed by atoms with van der Waals surface area (Å²) < 4.78 is 0. The molecule has 24 heavy (non-hydrogen) atoms. The summed E-state index contributed by atoms with van der Waals surface area (Å²) in [6.45, 7) is 2.23. The zero-order valence-corrected chi connectivity index (χ0v) is 15.2. The Labute approximate surface area is 148 Å². The number of hydrogen-bond donors (Lipinski definition) is 1. The molecule has 0 amide bonds. The van der Waals surface area contributed by atoms with E-state index in [1.165, 1.54) is 25.7 Å². The van der Waals surface area contributed by atoms with E-state index in [4.69, 9.17) is 5.11 Å². The highest BCUT2D eigenvalue weighted by Gasteiger charge is 1.90. The van der Waals surface area contributed by atoms with E-state index >= 15 is 0 Å². The maximum Gasteiger partial charge on any atom is 0.303 e. The maximum absolute atomic E-state index is 10.3. The van der Waals surface area contributed by atoms with E-state index in [1.807, 2.05) is 12.2 Å². The van der Waals surface area contributed by atoms with Crippen LogP contribution in [0.1, 0.15) is 71.1 Å². The summed E-state index contributed by atoms with van der Waals surface area (Å²) in [6.07, 6.45) is 31.4. The number of unbranched alkanes of at least 4 members (excludes halogenated alkanes) is 3. The van der Waals surface area contributed by atoms with E-state index in [9.17, 15) is 4.79 Å². The number of aliphatic carboxylic acids is 1. The van der Waals surface area contributed by atoms with E-state index in [2.05, 4.69) is 55.5 Å². The molecular weight excluding hydrogens is 296 g/mol. The number of hydrogen-bond acceptors (Lipinski definition) is 1. The zero-order valence-electron chi connectivity index (χ0n) is 15.2. The number of carboxylic acids is 1. The maximum atomic E-state index is 10.3. The van der Waals surface area contributed by atoms with Gasteiger partial charge in [0.25, 0.3) is 0 Å². The Morgan fingerprint density at radius 1 is 0.667 bits per heavy atom. The van der Waals surface area contributed by atoms with Crippen LogP contribution in [0.4, 0.5) is 0 Å². The fraction of sp³-hybridized carbons (Fsp3) is 0.500. The van der Waals surface area contributed by atoms with E-state index in [0.717, 1.165) is 25.7 Å². The minimum atomic E-state index is -0.739. The predicted octanol–water partition coefficient (Wildman–Crippen LogP) is 6.77. The summed E-state index contributed by atoms with van der Waals surface area (Å²) in [5, 5.41) is 8.49. The number of carboxylic acid groups (broad SMARTS) is 1. The van der Waals surface area contributed by atoms with Gasteiger partial charge in [-0.1, -0.05) is 80.5 Å². The number of allylic oxidation sites excluding steroid dienone is 10. The second kappa shape index (κ2) is 19.2. The van der Waals surface area contributed by atoms with Crippen LogP contribution in [0, 0.1) is 0 Å². The minimum absolute atomic E-state index is 0.213. The van der Waals surface area contributed by atoms with Crippen molar-refractivity contribution in [1.82, 2.24) is 0 Å². The van der Waals surface area contributed by atoms with Crippen LogP contribution in [0.15, 0.2) is 60.8 Å². The van der Waals surface area contributed by atoms with Crippen LogP contribution in [0.2, 0.25) is 0 Å². The molecule has 0 aromatic carbocycles. The van der Waals surface area contributed by atoms with E-state index in [-0.39, 0.29) is 6.42 Å². The van der Waals surface area contributed by atoms with Crippen molar-refractivity contribution in [2.75, 3.05) is 0 Å². The Balaban J connectivity index is 3.46. The van der Waals surface area contributed by atoms with Gasteiger partial charge >= 0.3 is 5.97 Å². The van der Waals surface area contributed by atoms with Crippen LogP contribution >= 0.6 is 0 Å². The lowest BCUT2D eigenvalue weighted by atomic mass is 10.2. The lowest BCUT2D eigenvalue weighted by Crippen LogP contribution is -1.91. The van der Waals surface area contributed by atoms with Gasteiger partial charge in [-0.15, -0.1) is 0 Å². The molecule has 0 rings (SSSR count). The van der Waals surface area contributed by atoms with Crippen LogP contribution in [-0.2, 0) is 4.79 Å². The molecule has 0 aliphatic carbocycles. The molecule has 0 aromatic rings. The average molecular weight is 331 g/mol. The number of carbonyl (C=O) groups is 1. The zero-order chi connectivity index (χ0) is 17.7. The molecular formula is C22H34O2. The SMILES string of the molecule is CCCCC/C=C\C/C=C/C/C=C\C/C=C\C/C=C\CCC(=O)O. The van der Waals surface area contributed by atoms with Gasteiger partial charge in [0.05, 0.1) is 0 Å². The third-order valence-corrected chi connectivity index (χ3v) is 3.42. The van der Waals surface area contributed by atoms with Crippen molar-refractivity contribution in [2.45, 2.75) is 71.1 Å². The molecule has 0 atom stereocenters. The molecule has 0 aromatic heterocycles. The molecule has 0 unspecified atom stereocenters. The molecule has 1 N–H and O–H groups in total. The first kappa shape index (κ1) is 22.2. The predicted molar refractivity (Wildman–Crippen MR) is 105 cm³/mol. The van der Waals surface area contributed by atoms with E-state index < -0.39 is 5.97 Å². The first-order valence-corrected chi connectivity index (χ1v) is 9.24. The molecule has 0 heterocycles. The van der Waals surface area contributed by atoms with Gasteiger partial charge in [0.2, 0.25) is 0 Å². The van der Waals surface area contributed by atoms with Crippen molar-refractivity contribution < 1.29 is 9.90 Å². The first-order chi connectivity index (χ1) is 11.8. The molecule has 2 nitrogen and oxygen atoms in total. The highest BCUT2D eigenvalue weighted by Crippen LogP contribution is 2.01. The molecule has 0 aliphatic heterocycles. The Hall–Kier alpha value is -1.83. The molecule has 2 heteroatoms. The fourth-order valence-electron chi connectivity index (χ4n) is 2.04. The smallest absolute Gasteiger partial charge is 0.303 e.